The maximum absolute atomic E-state index is 12.5. The summed E-state index contributed by atoms with van der Waals surface area (Å²) in [6.45, 7) is 3.26. The summed E-state index contributed by atoms with van der Waals surface area (Å²) in [6.07, 6.45) is 0. The molecule has 0 saturated heterocycles. The zero-order chi connectivity index (χ0) is 19.6. The quantitative estimate of drug-likeness (QED) is 0.614. The summed E-state index contributed by atoms with van der Waals surface area (Å²) < 4.78 is 16.5. The van der Waals surface area contributed by atoms with Crippen molar-refractivity contribution in [2.75, 3.05) is 6.61 Å². The SMILES string of the molecule is CCOC(=O)C1=C(C)OC(N)=C(C#N)C1c1c([O-])on[n+]1-c1ccccc1. The Morgan fingerprint density at radius 3 is 2.78 bits per heavy atom. The zero-order valence-corrected chi connectivity index (χ0v) is 14.6. The van der Waals surface area contributed by atoms with Crippen LogP contribution < -0.4 is 15.5 Å². The fourth-order valence-corrected chi connectivity index (χ4v) is 2.88. The van der Waals surface area contributed by atoms with E-state index >= 15 is 0 Å². The Morgan fingerprint density at radius 2 is 2.15 bits per heavy atom. The molecule has 9 nitrogen and oxygen atoms in total. The van der Waals surface area contributed by atoms with Crippen LogP contribution in [0.5, 0.6) is 5.95 Å². The molecule has 9 heteroatoms. The minimum Gasteiger partial charge on any atom is -0.539 e. The third kappa shape index (κ3) is 3.08. The van der Waals surface area contributed by atoms with Crippen LogP contribution in [-0.4, -0.2) is 17.8 Å². The van der Waals surface area contributed by atoms with Gasteiger partial charge in [-0.1, -0.05) is 18.2 Å². The maximum atomic E-state index is 12.5. The second kappa shape index (κ2) is 7.21. The normalized spacial score (nSPS) is 16.7. The number of nitrogens with two attached hydrogens (primary N) is 1. The van der Waals surface area contributed by atoms with Gasteiger partial charge in [-0.3, -0.25) is 0 Å². The van der Waals surface area contributed by atoms with Gasteiger partial charge in [-0.05, 0) is 18.5 Å². The van der Waals surface area contributed by atoms with E-state index in [1.165, 1.54) is 11.6 Å². The van der Waals surface area contributed by atoms with Crippen LogP contribution in [-0.2, 0) is 14.3 Å². The lowest BCUT2D eigenvalue weighted by Crippen LogP contribution is -2.40. The number of aromatic nitrogens is 2. The Kier molecular flexibility index (Phi) is 4.81. The van der Waals surface area contributed by atoms with E-state index in [4.69, 9.17) is 19.7 Å². The predicted molar refractivity (Wildman–Crippen MR) is 87.5 cm³/mol. The van der Waals surface area contributed by atoms with Crippen LogP contribution in [0.4, 0.5) is 0 Å². The number of ether oxygens (including phenoxy) is 2. The number of nitrogens with zero attached hydrogens (tertiary/aromatic N) is 3. The summed E-state index contributed by atoms with van der Waals surface area (Å²) in [7, 11) is 0. The number of hydrogen-bond donors (Lipinski definition) is 1. The Morgan fingerprint density at radius 1 is 1.44 bits per heavy atom. The van der Waals surface area contributed by atoms with E-state index in [0.29, 0.717) is 5.69 Å². The molecule has 1 aliphatic rings. The second-order valence-corrected chi connectivity index (χ2v) is 5.61. The molecule has 0 saturated carbocycles. The highest BCUT2D eigenvalue weighted by molar-refractivity contribution is 5.92. The van der Waals surface area contributed by atoms with Crippen molar-refractivity contribution in [2.45, 2.75) is 19.8 Å². The van der Waals surface area contributed by atoms with Gasteiger partial charge in [0.25, 0.3) is 5.69 Å². The zero-order valence-electron chi connectivity index (χ0n) is 14.6. The van der Waals surface area contributed by atoms with Crippen LogP contribution in [0.15, 0.2) is 57.6 Å². The molecule has 1 atom stereocenters. The number of para-hydroxylation sites is 1. The number of carbonyl (C=O) groups excluding carboxylic acids is 1. The lowest BCUT2D eigenvalue weighted by Gasteiger charge is -2.24. The lowest BCUT2D eigenvalue weighted by molar-refractivity contribution is -0.678. The first-order valence-corrected chi connectivity index (χ1v) is 8.09. The molecular weight excluding hydrogens is 352 g/mol. The number of hydrogen-bond acceptors (Lipinski definition) is 8. The van der Waals surface area contributed by atoms with Crippen LogP contribution >= 0.6 is 0 Å². The van der Waals surface area contributed by atoms with Gasteiger partial charge in [-0.25, -0.2) is 4.79 Å². The van der Waals surface area contributed by atoms with Crippen molar-refractivity contribution >= 4 is 5.97 Å². The lowest BCUT2D eigenvalue weighted by atomic mass is 9.86. The van der Waals surface area contributed by atoms with Crippen molar-refractivity contribution in [1.82, 2.24) is 5.27 Å². The third-order valence-corrected chi connectivity index (χ3v) is 4.02. The van der Waals surface area contributed by atoms with Crippen LogP contribution in [0.1, 0.15) is 25.5 Å². The molecule has 27 heavy (non-hydrogen) atoms. The number of rotatable bonds is 4. The fourth-order valence-electron chi connectivity index (χ4n) is 2.88. The van der Waals surface area contributed by atoms with E-state index in [-0.39, 0.29) is 35.1 Å². The summed E-state index contributed by atoms with van der Waals surface area (Å²) >= 11 is 0. The van der Waals surface area contributed by atoms with Gasteiger partial charge in [0.1, 0.15) is 23.3 Å². The van der Waals surface area contributed by atoms with Crippen molar-refractivity contribution in [3.05, 3.63) is 58.8 Å². The summed E-state index contributed by atoms with van der Waals surface area (Å²) in [5.41, 5.74) is 6.19. The molecular formula is C18H16N4O5. The van der Waals surface area contributed by atoms with E-state index in [9.17, 15) is 15.2 Å². The first-order chi connectivity index (χ1) is 13.0. The minimum absolute atomic E-state index is 0.00687. The molecule has 0 fully saturated rings. The van der Waals surface area contributed by atoms with Gasteiger partial charge in [-0.15, -0.1) is 0 Å². The second-order valence-electron chi connectivity index (χ2n) is 5.61. The predicted octanol–water partition coefficient (Wildman–Crippen LogP) is 0.670. The Bertz CT molecular complexity index is 985. The third-order valence-electron chi connectivity index (χ3n) is 4.02. The number of nitriles is 1. The highest BCUT2D eigenvalue weighted by Gasteiger charge is 2.43. The van der Waals surface area contributed by atoms with E-state index in [0.717, 1.165) is 0 Å². The van der Waals surface area contributed by atoms with Gasteiger partial charge in [0.15, 0.2) is 5.95 Å². The van der Waals surface area contributed by atoms with E-state index in [1.807, 2.05) is 6.07 Å². The van der Waals surface area contributed by atoms with Crippen LogP contribution in [0.2, 0.25) is 0 Å². The van der Waals surface area contributed by atoms with Crippen LogP contribution in [0.3, 0.4) is 0 Å². The van der Waals surface area contributed by atoms with Gasteiger partial charge in [0.2, 0.25) is 11.6 Å². The Balaban J connectivity index is 2.26. The summed E-state index contributed by atoms with van der Waals surface area (Å²) in [5, 5.41) is 25.8. The topological polar surface area (TPSA) is 138 Å². The van der Waals surface area contributed by atoms with Crippen LogP contribution in [0, 0.1) is 11.3 Å². The molecule has 138 valence electrons. The molecule has 1 unspecified atom stereocenters. The van der Waals surface area contributed by atoms with Crippen molar-refractivity contribution < 1.29 is 28.6 Å². The number of esters is 1. The Hall–Kier alpha value is -3.80. The Labute approximate surface area is 154 Å². The van der Waals surface area contributed by atoms with Crippen molar-refractivity contribution in [2.24, 2.45) is 5.73 Å². The molecule has 0 amide bonds. The number of benzene rings is 1. The summed E-state index contributed by atoms with van der Waals surface area (Å²) in [5.74, 6) is -2.73. The van der Waals surface area contributed by atoms with E-state index in [1.54, 1.807) is 37.3 Å². The summed E-state index contributed by atoms with van der Waals surface area (Å²) in [4.78, 5) is 12.5. The van der Waals surface area contributed by atoms with Crippen molar-refractivity contribution in [3.63, 3.8) is 0 Å². The largest absolute Gasteiger partial charge is 0.539 e. The molecule has 0 spiro atoms. The van der Waals surface area contributed by atoms with Crippen molar-refractivity contribution in [3.8, 4) is 17.7 Å². The average Bonchev–Trinajstić information content (AvgIpc) is 3.03. The molecule has 1 aromatic carbocycles. The highest BCUT2D eigenvalue weighted by atomic mass is 16.6. The van der Waals surface area contributed by atoms with Crippen LogP contribution in [0.25, 0.3) is 5.69 Å². The van der Waals surface area contributed by atoms with E-state index in [2.05, 4.69) is 5.27 Å². The molecule has 3 rings (SSSR count). The van der Waals surface area contributed by atoms with E-state index < -0.39 is 17.8 Å². The van der Waals surface area contributed by atoms with Gasteiger partial charge < -0.3 is 24.8 Å². The van der Waals surface area contributed by atoms with Gasteiger partial charge >= 0.3 is 5.97 Å². The average molecular weight is 368 g/mol. The summed E-state index contributed by atoms with van der Waals surface area (Å²) in [6, 6.07) is 10.6. The molecule has 2 N–H and O–H groups in total. The fraction of sp³-hybridized carbons (Fsp3) is 0.222. The molecule has 0 aliphatic carbocycles. The molecule has 1 aromatic heterocycles. The smallest absolute Gasteiger partial charge is 0.338 e. The molecule has 2 heterocycles. The van der Waals surface area contributed by atoms with Crippen molar-refractivity contribution in [1.29, 1.82) is 5.26 Å². The number of carbonyl (C=O) groups is 1. The number of allylic oxidation sites excluding steroid dienone is 2. The standard InChI is InChI=1S/C18H16N4O5/c1-3-25-17(23)13-10(2)26-16(20)12(9-19)14(13)15-18(24)27-21-22(15)11-7-5-4-6-8-11/h4-8,14H,3,20H2,1-2H3. The molecule has 0 radical (unpaired) electrons. The minimum atomic E-state index is -1.14. The van der Waals surface area contributed by atoms with Gasteiger partial charge in [0.05, 0.1) is 17.5 Å². The monoisotopic (exact) mass is 368 g/mol. The first-order valence-electron chi connectivity index (χ1n) is 8.09. The highest BCUT2D eigenvalue weighted by Crippen LogP contribution is 2.40. The molecule has 0 bridgehead atoms. The van der Waals surface area contributed by atoms with Gasteiger partial charge in [0, 0.05) is 12.1 Å². The molecule has 1 aliphatic heterocycles. The first kappa shape index (κ1) is 18.0. The maximum Gasteiger partial charge on any atom is 0.338 e. The van der Waals surface area contributed by atoms with Gasteiger partial charge in [-0.2, -0.15) is 5.26 Å². The molecule has 2 aromatic rings.